The van der Waals surface area contributed by atoms with Crippen LogP contribution in [0.3, 0.4) is 0 Å². The molecule has 0 saturated carbocycles. The molecule has 1 aromatic rings. The highest BCUT2D eigenvalue weighted by Gasteiger charge is 2.14. The fraction of sp³-hybridized carbons (Fsp3) is 0.389. The molecule has 0 radical (unpaired) electrons. The van der Waals surface area contributed by atoms with E-state index >= 15 is 0 Å². The van der Waals surface area contributed by atoms with E-state index in [1.165, 1.54) is 0 Å². The number of nitrogens with zero attached hydrogens (tertiary/aromatic N) is 1. The highest BCUT2D eigenvalue weighted by molar-refractivity contribution is 5.88. The normalized spacial score (nSPS) is 15.4. The minimum absolute atomic E-state index is 0.0898. The molecule has 22 heavy (non-hydrogen) atoms. The first-order valence-corrected chi connectivity index (χ1v) is 7.51. The topological polar surface area (TPSA) is 38.8 Å². The minimum Gasteiger partial charge on any atom is -0.497 e. The summed E-state index contributed by atoms with van der Waals surface area (Å²) in [6.45, 7) is 3.72. The zero-order valence-electron chi connectivity index (χ0n) is 13.5. The van der Waals surface area contributed by atoms with Gasteiger partial charge in [-0.3, -0.25) is 4.79 Å². The van der Waals surface area contributed by atoms with Gasteiger partial charge < -0.3 is 14.4 Å². The van der Waals surface area contributed by atoms with Crippen molar-refractivity contribution in [2.45, 2.75) is 19.8 Å². The van der Waals surface area contributed by atoms with Crippen molar-refractivity contribution in [3.8, 4) is 11.5 Å². The van der Waals surface area contributed by atoms with Crippen LogP contribution in [-0.4, -0.2) is 38.1 Å². The van der Waals surface area contributed by atoms with Crippen molar-refractivity contribution in [3.05, 3.63) is 41.5 Å². The van der Waals surface area contributed by atoms with E-state index in [0.717, 1.165) is 48.6 Å². The third-order valence-corrected chi connectivity index (χ3v) is 3.73. The van der Waals surface area contributed by atoms with Crippen LogP contribution in [-0.2, 0) is 4.79 Å². The number of methoxy groups -OCH3 is 2. The molecule has 0 bridgehead atoms. The predicted molar refractivity (Wildman–Crippen MR) is 88.2 cm³/mol. The molecule has 4 heteroatoms. The van der Waals surface area contributed by atoms with Crippen LogP contribution in [0.2, 0.25) is 0 Å². The third kappa shape index (κ3) is 4.13. The van der Waals surface area contributed by atoms with Gasteiger partial charge in [0.05, 0.1) is 14.2 Å². The Kier molecular flexibility index (Phi) is 5.64. The molecule has 0 atom stereocenters. The van der Waals surface area contributed by atoms with Gasteiger partial charge in [-0.1, -0.05) is 11.6 Å². The molecule has 1 aliphatic heterocycles. The average Bonchev–Trinajstić information content (AvgIpc) is 3.07. The molecular formula is C18H23NO3. The summed E-state index contributed by atoms with van der Waals surface area (Å²) in [5.41, 5.74) is 1.95. The van der Waals surface area contributed by atoms with E-state index in [-0.39, 0.29) is 5.91 Å². The third-order valence-electron chi connectivity index (χ3n) is 3.73. The summed E-state index contributed by atoms with van der Waals surface area (Å²) >= 11 is 0. The molecule has 0 N–H and O–H groups in total. The fourth-order valence-corrected chi connectivity index (χ4v) is 2.48. The van der Waals surface area contributed by atoms with E-state index in [4.69, 9.17) is 9.47 Å². The molecule has 1 fully saturated rings. The lowest BCUT2D eigenvalue weighted by Crippen LogP contribution is -2.25. The van der Waals surface area contributed by atoms with Crippen molar-refractivity contribution in [3.63, 3.8) is 0 Å². The van der Waals surface area contributed by atoms with Crippen molar-refractivity contribution in [2.24, 2.45) is 0 Å². The minimum atomic E-state index is 0.0898. The van der Waals surface area contributed by atoms with Gasteiger partial charge in [0.1, 0.15) is 11.5 Å². The molecule has 118 valence electrons. The van der Waals surface area contributed by atoms with Gasteiger partial charge in [-0.2, -0.15) is 0 Å². The van der Waals surface area contributed by atoms with Crippen molar-refractivity contribution < 1.29 is 14.3 Å². The Morgan fingerprint density at radius 1 is 1.14 bits per heavy atom. The zero-order valence-corrected chi connectivity index (χ0v) is 13.5. The molecule has 1 saturated heterocycles. The molecule has 0 spiro atoms. The number of carbonyl (C=O) groups is 1. The SMILES string of the molecule is COc1ccc(/C=C(C)/C=C/C(=O)N2CCCC2)c(OC)c1. The van der Waals surface area contributed by atoms with Crippen LogP contribution in [0.5, 0.6) is 11.5 Å². The van der Waals surface area contributed by atoms with Crippen molar-refractivity contribution in [1.29, 1.82) is 0 Å². The second-order valence-electron chi connectivity index (χ2n) is 5.36. The van der Waals surface area contributed by atoms with Crippen LogP contribution >= 0.6 is 0 Å². The molecule has 2 rings (SSSR count). The molecule has 1 aliphatic rings. The van der Waals surface area contributed by atoms with Gasteiger partial charge in [0, 0.05) is 30.8 Å². The number of rotatable bonds is 5. The quantitative estimate of drug-likeness (QED) is 0.619. The maximum Gasteiger partial charge on any atom is 0.246 e. The number of carbonyl (C=O) groups excluding carboxylic acids is 1. The van der Waals surface area contributed by atoms with Gasteiger partial charge in [0.2, 0.25) is 5.91 Å². The van der Waals surface area contributed by atoms with E-state index in [1.54, 1.807) is 20.3 Å². The van der Waals surface area contributed by atoms with Crippen LogP contribution in [0.1, 0.15) is 25.3 Å². The van der Waals surface area contributed by atoms with Crippen molar-refractivity contribution in [1.82, 2.24) is 4.90 Å². The second kappa shape index (κ2) is 7.69. The van der Waals surface area contributed by atoms with E-state index < -0.39 is 0 Å². The van der Waals surface area contributed by atoms with Crippen LogP contribution in [0.15, 0.2) is 35.9 Å². The number of ether oxygens (including phenoxy) is 2. The average molecular weight is 301 g/mol. The zero-order chi connectivity index (χ0) is 15.9. The summed E-state index contributed by atoms with van der Waals surface area (Å²) in [6.07, 6.45) is 7.71. The Morgan fingerprint density at radius 3 is 2.50 bits per heavy atom. The molecule has 0 unspecified atom stereocenters. The Morgan fingerprint density at radius 2 is 1.86 bits per heavy atom. The van der Waals surface area contributed by atoms with Crippen molar-refractivity contribution in [2.75, 3.05) is 27.3 Å². The van der Waals surface area contributed by atoms with Gasteiger partial charge in [0.25, 0.3) is 0 Å². The number of allylic oxidation sites excluding steroid dienone is 2. The molecule has 4 nitrogen and oxygen atoms in total. The number of benzene rings is 1. The highest BCUT2D eigenvalue weighted by atomic mass is 16.5. The van der Waals surface area contributed by atoms with Gasteiger partial charge in [-0.25, -0.2) is 0 Å². The van der Waals surface area contributed by atoms with E-state index in [9.17, 15) is 4.79 Å². The van der Waals surface area contributed by atoms with Crippen LogP contribution in [0.4, 0.5) is 0 Å². The number of hydrogen-bond acceptors (Lipinski definition) is 3. The molecule has 1 amide bonds. The van der Waals surface area contributed by atoms with Crippen molar-refractivity contribution >= 4 is 12.0 Å². The van der Waals surface area contributed by atoms with E-state index in [0.29, 0.717) is 0 Å². The Bertz CT molecular complexity index is 584. The molecular weight excluding hydrogens is 278 g/mol. The van der Waals surface area contributed by atoms with E-state index in [1.807, 2.05) is 42.2 Å². The standard InChI is InChI=1S/C18H23NO3/c1-14(6-9-18(20)19-10-4-5-11-19)12-15-7-8-16(21-2)13-17(15)22-3/h6-9,12-13H,4-5,10-11H2,1-3H3/b9-6+,14-12+. The lowest BCUT2D eigenvalue weighted by molar-refractivity contribution is -0.124. The number of hydrogen-bond donors (Lipinski definition) is 0. The van der Waals surface area contributed by atoms with E-state index in [2.05, 4.69) is 0 Å². The molecule has 0 aromatic heterocycles. The van der Waals surface area contributed by atoms with Gasteiger partial charge in [0.15, 0.2) is 0 Å². The first kappa shape index (κ1) is 16.1. The smallest absolute Gasteiger partial charge is 0.246 e. The van der Waals surface area contributed by atoms with Gasteiger partial charge in [-0.05, 0) is 38.0 Å². The molecule has 1 heterocycles. The monoisotopic (exact) mass is 301 g/mol. The Balaban J connectivity index is 2.09. The van der Waals surface area contributed by atoms with Crippen LogP contribution in [0, 0.1) is 0 Å². The summed E-state index contributed by atoms with van der Waals surface area (Å²) in [5.74, 6) is 1.59. The lowest BCUT2D eigenvalue weighted by atomic mass is 10.1. The highest BCUT2D eigenvalue weighted by Crippen LogP contribution is 2.26. The summed E-state index contributed by atoms with van der Waals surface area (Å²) in [4.78, 5) is 13.9. The fourth-order valence-electron chi connectivity index (χ4n) is 2.48. The summed E-state index contributed by atoms with van der Waals surface area (Å²) in [6, 6.07) is 5.68. The second-order valence-corrected chi connectivity index (χ2v) is 5.36. The summed E-state index contributed by atoms with van der Waals surface area (Å²) < 4.78 is 10.6. The molecule has 0 aliphatic carbocycles. The summed E-state index contributed by atoms with van der Waals surface area (Å²) in [7, 11) is 3.26. The summed E-state index contributed by atoms with van der Waals surface area (Å²) in [5, 5.41) is 0. The first-order chi connectivity index (χ1) is 10.6. The van der Waals surface area contributed by atoms with Gasteiger partial charge >= 0.3 is 0 Å². The number of amides is 1. The van der Waals surface area contributed by atoms with Crippen LogP contribution in [0.25, 0.3) is 6.08 Å². The lowest BCUT2D eigenvalue weighted by Gasteiger charge is -2.11. The predicted octanol–water partition coefficient (Wildman–Crippen LogP) is 3.29. The van der Waals surface area contributed by atoms with Crippen LogP contribution < -0.4 is 9.47 Å². The Hall–Kier alpha value is -2.23. The maximum atomic E-state index is 12.0. The first-order valence-electron chi connectivity index (χ1n) is 7.51. The Labute approximate surface area is 132 Å². The molecule has 1 aromatic carbocycles. The van der Waals surface area contributed by atoms with Gasteiger partial charge in [-0.15, -0.1) is 0 Å². The number of likely N-dealkylation sites (tertiary alicyclic amines) is 1. The maximum absolute atomic E-state index is 12.0. The largest absolute Gasteiger partial charge is 0.497 e.